The van der Waals surface area contributed by atoms with Crippen LogP contribution in [0.3, 0.4) is 0 Å². The number of aryl methyl sites for hydroxylation is 1. The zero-order valence-electron chi connectivity index (χ0n) is 16.9. The van der Waals surface area contributed by atoms with Gasteiger partial charge in [0, 0.05) is 25.4 Å². The number of benzene rings is 2. The Hall–Kier alpha value is -3.69. The average molecular weight is 446 g/mol. The van der Waals surface area contributed by atoms with Crippen molar-refractivity contribution in [1.29, 1.82) is 0 Å². The monoisotopic (exact) mass is 446 g/mol. The van der Waals surface area contributed by atoms with Crippen LogP contribution < -0.4 is 10.2 Å². The Balaban J connectivity index is 1.55. The van der Waals surface area contributed by atoms with E-state index in [1.807, 2.05) is 0 Å². The molecule has 1 unspecified atom stereocenters. The second kappa shape index (κ2) is 8.10. The van der Waals surface area contributed by atoms with Gasteiger partial charge in [-0.2, -0.15) is 18.3 Å². The van der Waals surface area contributed by atoms with Crippen molar-refractivity contribution in [2.24, 2.45) is 5.92 Å². The second-order valence-electron chi connectivity index (χ2n) is 7.53. The largest absolute Gasteiger partial charge is 0.418 e. The lowest BCUT2D eigenvalue weighted by atomic mass is 10.1. The summed E-state index contributed by atoms with van der Waals surface area (Å²) in [7, 11) is 0. The van der Waals surface area contributed by atoms with Crippen LogP contribution in [0.15, 0.2) is 54.9 Å². The molecule has 2 heterocycles. The molecule has 1 aliphatic rings. The van der Waals surface area contributed by atoms with E-state index in [2.05, 4.69) is 10.4 Å². The van der Waals surface area contributed by atoms with Crippen molar-refractivity contribution in [2.75, 3.05) is 16.8 Å². The van der Waals surface area contributed by atoms with Crippen molar-refractivity contribution < 1.29 is 27.2 Å². The zero-order valence-corrected chi connectivity index (χ0v) is 16.9. The lowest BCUT2D eigenvalue weighted by Gasteiger charge is -2.19. The van der Waals surface area contributed by atoms with E-state index >= 15 is 0 Å². The van der Waals surface area contributed by atoms with Gasteiger partial charge in [0.05, 0.1) is 28.5 Å². The molecule has 6 nitrogen and oxygen atoms in total. The smallest absolute Gasteiger partial charge is 0.325 e. The highest BCUT2D eigenvalue weighted by molar-refractivity contribution is 6.03. The fraction of sp³-hybridized carbons (Fsp3) is 0.227. The summed E-state index contributed by atoms with van der Waals surface area (Å²) in [4.78, 5) is 26.2. The van der Waals surface area contributed by atoms with Crippen molar-refractivity contribution in [3.05, 3.63) is 71.8 Å². The van der Waals surface area contributed by atoms with Gasteiger partial charge in [0.15, 0.2) is 0 Å². The van der Waals surface area contributed by atoms with E-state index in [0.29, 0.717) is 5.56 Å². The first-order valence-electron chi connectivity index (χ1n) is 9.72. The number of hydrogen-bond donors (Lipinski definition) is 1. The fourth-order valence-corrected chi connectivity index (χ4v) is 3.62. The van der Waals surface area contributed by atoms with E-state index in [1.165, 1.54) is 35.3 Å². The van der Waals surface area contributed by atoms with Gasteiger partial charge in [-0.05, 0) is 48.9 Å². The number of carbonyl (C=O) groups excluding carboxylic acids is 2. The molecule has 0 saturated carbocycles. The number of alkyl halides is 3. The van der Waals surface area contributed by atoms with E-state index in [4.69, 9.17) is 0 Å². The minimum Gasteiger partial charge on any atom is -0.325 e. The molecule has 1 fully saturated rings. The van der Waals surface area contributed by atoms with Gasteiger partial charge in [-0.15, -0.1) is 0 Å². The normalized spacial score (nSPS) is 16.5. The molecule has 0 aliphatic carbocycles. The van der Waals surface area contributed by atoms with Gasteiger partial charge in [0.25, 0.3) is 0 Å². The van der Waals surface area contributed by atoms with Crippen molar-refractivity contribution in [1.82, 2.24) is 9.78 Å². The molecule has 2 aromatic carbocycles. The Morgan fingerprint density at radius 1 is 1.19 bits per heavy atom. The van der Waals surface area contributed by atoms with Gasteiger partial charge >= 0.3 is 6.18 Å². The van der Waals surface area contributed by atoms with Crippen LogP contribution in [0.4, 0.5) is 28.9 Å². The van der Waals surface area contributed by atoms with E-state index in [-0.39, 0.29) is 24.3 Å². The fourth-order valence-electron chi connectivity index (χ4n) is 3.62. The number of halogens is 4. The van der Waals surface area contributed by atoms with E-state index in [1.54, 1.807) is 19.1 Å². The van der Waals surface area contributed by atoms with Crippen LogP contribution in [0.25, 0.3) is 5.69 Å². The van der Waals surface area contributed by atoms with Gasteiger partial charge < -0.3 is 10.2 Å². The van der Waals surface area contributed by atoms with Crippen LogP contribution in [-0.2, 0) is 15.8 Å². The Morgan fingerprint density at radius 2 is 1.97 bits per heavy atom. The van der Waals surface area contributed by atoms with Crippen LogP contribution in [0, 0.1) is 18.7 Å². The van der Waals surface area contributed by atoms with Gasteiger partial charge in [-0.1, -0.05) is 6.07 Å². The quantitative estimate of drug-likeness (QED) is 0.607. The van der Waals surface area contributed by atoms with Gasteiger partial charge in [-0.25, -0.2) is 9.07 Å². The number of rotatable bonds is 4. The van der Waals surface area contributed by atoms with Gasteiger partial charge in [0.1, 0.15) is 5.82 Å². The molecular weight excluding hydrogens is 428 g/mol. The van der Waals surface area contributed by atoms with Crippen molar-refractivity contribution in [2.45, 2.75) is 19.5 Å². The number of hydrogen-bond acceptors (Lipinski definition) is 3. The number of amides is 2. The van der Waals surface area contributed by atoms with Crippen LogP contribution >= 0.6 is 0 Å². The maximum absolute atomic E-state index is 14.3. The third kappa shape index (κ3) is 4.20. The summed E-state index contributed by atoms with van der Waals surface area (Å²) in [5.74, 6) is -2.74. The molecule has 1 N–H and O–H groups in total. The topological polar surface area (TPSA) is 67.2 Å². The molecule has 32 heavy (non-hydrogen) atoms. The minimum absolute atomic E-state index is 0.0375. The Morgan fingerprint density at radius 3 is 2.62 bits per heavy atom. The SMILES string of the molecule is Cc1ccc(N2CC(C(=O)Nc3ccc(-n4cccn4)cc3C(F)(F)F)CC2=O)c(F)c1. The van der Waals surface area contributed by atoms with Gasteiger partial charge in [0.2, 0.25) is 11.8 Å². The number of carbonyl (C=O) groups is 2. The van der Waals surface area contributed by atoms with E-state index < -0.39 is 41.0 Å². The Kier molecular flexibility index (Phi) is 5.45. The van der Waals surface area contributed by atoms with Crippen molar-refractivity contribution in [3.63, 3.8) is 0 Å². The summed E-state index contributed by atoms with van der Waals surface area (Å²) < 4.78 is 56.4. The van der Waals surface area contributed by atoms with Crippen LogP contribution in [0.2, 0.25) is 0 Å². The Labute approximate surface area is 180 Å². The number of nitrogens with zero attached hydrogens (tertiary/aromatic N) is 3. The highest BCUT2D eigenvalue weighted by Gasteiger charge is 2.38. The van der Waals surface area contributed by atoms with Gasteiger partial charge in [-0.3, -0.25) is 9.59 Å². The predicted octanol–water partition coefficient (Wildman–Crippen LogP) is 4.33. The summed E-state index contributed by atoms with van der Waals surface area (Å²) in [6.07, 6.45) is -2.03. The second-order valence-corrected chi connectivity index (χ2v) is 7.53. The summed E-state index contributed by atoms with van der Waals surface area (Å²) in [5.41, 5.74) is -0.575. The van der Waals surface area contributed by atoms with Crippen molar-refractivity contribution in [3.8, 4) is 5.69 Å². The number of anilines is 2. The highest BCUT2D eigenvalue weighted by atomic mass is 19.4. The molecule has 1 aromatic heterocycles. The third-order valence-electron chi connectivity index (χ3n) is 5.23. The molecule has 0 spiro atoms. The Bertz CT molecular complexity index is 1180. The summed E-state index contributed by atoms with van der Waals surface area (Å²) in [5, 5.41) is 6.20. The molecule has 1 aliphatic heterocycles. The highest BCUT2D eigenvalue weighted by Crippen LogP contribution is 2.37. The molecule has 0 bridgehead atoms. The molecule has 4 rings (SSSR count). The standard InChI is InChI=1S/C22H18F4N4O2/c1-13-3-6-19(17(23)9-13)29-12-14(10-20(29)31)21(32)28-18-5-4-15(30-8-2-7-27-30)11-16(18)22(24,25)26/h2-9,11,14H,10,12H2,1H3,(H,28,32). The van der Waals surface area contributed by atoms with Crippen LogP contribution in [-0.4, -0.2) is 28.1 Å². The average Bonchev–Trinajstić information content (AvgIpc) is 3.38. The zero-order chi connectivity index (χ0) is 23.0. The minimum atomic E-state index is -4.73. The first-order valence-corrected chi connectivity index (χ1v) is 9.72. The first kappa shape index (κ1) is 21.5. The lowest BCUT2D eigenvalue weighted by molar-refractivity contribution is -0.137. The number of aromatic nitrogens is 2. The summed E-state index contributed by atoms with van der Waals surface area (Å²) in [6.45, 7) is 1.57. The molecule has 1 saturated heterocycles. The molecule has 1 atom stereocenters. The third-order valence-corrected chi connectivity index (χ3v) is 5.23. The van der Waals surface area contributed by atoms with Crippen molar-refractivity contribution >= 4 is 23.2 Å². The molecule has 166 valence electrons. The van der Waals surface area contributed by atoms with Crippen LogP contribution in [0.5, 0.6) is 0 Å². The molecule has 3 aromatic rings. The first-order chi connectivity index (χ1) is 15.1. The maximum Gasteiger partial charge on any atom is 0.418 e. The molecule has 2 amide bonds. The predicted molar refractivity (Wildman–Crippen MR) is 109 cm³/mol. The molecule has 0 radical (unpaired) electrons. The van der Waals surface area contributed by atoms with E-state index in [0.717, 1.165) is 17.0 Å². The summed E-state index contributed by atoms with van der Waals surface area (Å²) >= 11 is 0. The van der Waals surface area contributed by atoms with E-state index in [9.17, 15) is 27.2 Å². The maximum atomic E-state index is 14.3. The summed E-state index contributed by atoms with van der Waals surface area (Å²) in [6, 6.07) is 9.35. The number of nitrogens with one attached hydrogen (secondary N) is 1. The lowest BCUT2D eigenvalue weighted by Crippen LogP contribution is -2.29. The van der Waals surface area contributed by atoms with Crippen LogP contribution in [0.1, 0.15) is 17.5 Å². The molecular formula is C22H18F4N4O2. The molecule has 10 heteroatoms.